The summed E-state index contributed by atoms with van der Waals surface area (Å²) in [6.07, 6.45) is 2.24. The summed E-state index contributed by atoms with van der Waals surface area (Å²) in [4.78, 5) is 27.6. The maximum Gasteiger partial charge on any atom is 0.239 e. The third-order valence-electron chi connectivity index (χ3n) is 5.64. The molecule has 2 N–H and O–H groups in total. The number of piperidine rings is 1. The third kappa shape index (κ3) is 6.95. The van der Waals surface area contributed by atoms with Gasteiger partial charge in [-0.2, -0.15) is 0 Å². The molecule has 0 unspecified atom stereocenters. The zero-order valence-electron chi connectivity index (χ0n) is 18.3. The molecule has 1 aliphatic heterocycles. The predicted octanol–water partition coefficient (Wildman–Crippen LogP) is 4.06. The van der Waals surface area contributed by atoms with E-state index in [-0.39, 0.29) is 30.6 Å². The predicted molar refractivity (Wildman–Crippen MR) is 129 cm³/mol. The lowest BCUT2D eigenvalue weighted by atomic mass is 9.96. The number of anilines is 1. The molecule has 1 fully saturated rings. The number of likely N-dealkylation sites (tertiary alicyclic amines) is 1. The number of nitrogens with zero attached hydrogens (tertiary/aromatic N) is 1. The lowest BCUT2D eigenvalue weighted by Crippen LogP contribution is -2.42. The van der Waals surface area contributed by atoms with Gasteiger partial charge in [-0.15, -0.1) is 23.7 Å². The van der Waals surface area contributed by atoms with E-state index in [1.165, 1.54) is 11.3 Å². The number of hydrogen-bond acceptors (Lipinski definition) is 6. The second-order valence-corrected chi connectivity index (χ2v) is 8.87. The molecule has 8 heteroatoms. The van der Waals surface area contributed by atoms with Crippen molar-refractivity contribution < 1.29 is 14.3 Å². The van der Waals surface area contributed by atoms with Crippen LogP contribution in [0.3, 0.4) is 0 Å². The Morgan fingerprint density at radius 1 is 1.16 bits per heavy atom. The Labute approximate surface area is 194 Å². The molecule has 0 aliphatic carbocycles. The molecular weight excluding hydrogens is 434 g/mol. The summed E-state index contributed by atoms with van der Waals surface area (Å²) in [5.41, 5.74) is 1.17. The second kappa shape index (κ2) is 12.1. The lowest BCUT2D eigenvalue weighted by molar-refractivity contribution is -0.119. The Hall–Kier alpha value is -2.09. The van der Waals surface area contributed by atoms with E-state index in [2.05, 4.69) is 29.4 Å². The van der Waals surface area contributed by atoms with Crippen molar-refractivity contribution >= 4 is 40.4 Å². The molecule has 2 aromatic rings. The highest BCUT2D eigenvalue weighted by Gasteiger charge is 2.21. The molecule has 0 bridgehead atoms. The first kappa shape index (κ1) is 25.2. The summed E-state index contributed by atoms with van der Waals surface area (Å²) in [5, 5.41) is 8.75. The van der Waals surface area contributed by atoms with Crippen LogP contribution in [0.5, 0.6) is 5.75 Å². The Bertz CT molecular complexity index is 846. The molecule has 1 saturated heterocycles. The Morgan fingerprint density at radius 3 is 2.45 bits per heavy atom. The number of benzene rings is 1. The first-order valence-corrected chi connectivity index (χ1v) is 11.4. The van der Waals surface area contributed by atoms with Gasteiger partial charge in [0.2, 0.25) is 5.91 Å². The number of ether oxygens (including phenoxy) is 1. The van der Waals surface area contributed by atoms with E-state index in [0.717, 1.165) is 30.9 Å². The summed E-state index contributed by atoms with van der Waals surface area (Å²) in [6.45, 7) is 7.53. The molecular formula is C23H32ClN3O3S. The van der Waals surface area contributed by atoms with Gasteiger partial charge in [0.1, 0.15) is 5.75 Å². The summed E-state index contributed by atoms with van der Waals surface area (Å²) in [7, 11) is 1.59. The molecule has 1 amide bonds. The van der Waals surface area contributed by atoms with Crippen LogP contribution in [0, 0.1) is 5.92 Å². The van der Waals surface area contributed by atoms with Crippen molar-refractivity contribution in [3.05, 3.63) is 46.8 Å². The molecule has 2 heterocycles. The van der Waals surface area contributed by atoms with Gasteiger partial charge in [-0.1, -0.05) is 0 Å². The molecule has 31 heavy (non-hydrogen) atoms. The van der Waals surface area contributed by atoms with Crippen molar-refractivity contribution in [2.24, 2.45) is 5.92 Å². The first-order valence-electron chi connectivity index (χ1n) is 10.5. The van der Waals surface area contributed by atoms with E-state index in [1.54, 1.807) is 37.4 Å². The zero-order chi connectivity index (χ0) is 21.5. The number of carbonyl (C=O) groups is 2. The van der Waals surface area contributed by atoms with Gasteiger partial charge in [0.05, 0.1) is 24.2 Å². The van der Waals surface area contributed by atoms with E-state index >= 15 is 0 Å². The molecule has 1 aromatic heterocycles. The van der Waals surface area contributed by atoms with Gasteiger partial charge < -0.3 is 20.3 Å². The largest absolute Gasteiger partial charge is 0.497 e. The number of hydrogen-bond donors (Lipinski definition) is 2. The monoisotopic (exact) mass is 465 g/mol. The van der Waals surface area contributed by atoms with Crippen LogP contribution in [0.1, 0.15) is 42.6 Å². The molecule has 3 rings (SSSR count). The van der Waals surface area contributed by atoms with Crippen molar-refractivity contribution in [1.82, 2.24) is 10.2 Å². The molecule has 0 spiro atoms. The smallest absolute Gasteiger partial charge is 0.239 e. The fourth-order valence-corrected chi connectivity index (χ4v) is 4.46. The van der Waals surface area contributed by atoms with Crippen LogP contribution in [0.2, 0.25) is 0 Å². The highest BCUT2D eigenvalue weighted by molar-refractivity contribution is 7.14. The first-order chi connectivity index (χ1) is 14.5. The van der Waals surface area contributed by atoms with E-state index in [9.17, 15) is 9.59 Å². The number of ketones is 1. The van der Waals surface area contributed by atoms with Crippen molar-refractivity contribution in [1.29, 1.82) is 0 Å². The van der Waals surface area contributed by atoms with Crippen molar-refractivity contribution in [2.75, 3.05) is 38.6 Å². The van der Waals surface area contributed by atoms with Gasteiger partial charge in [-0.25, -0.2) is 0 Å². The minimum atomic E-state index is -0.0706. The minimum absolute atomic E-state index is 0. The maximum absolute atomic E-state index is 12.8. The van der Waals surface area contributed by atoms with Gasteiger partial charge >= 0.3 is 0 Å². The molecule has 1 aromatic carbocycles. The SMILES string of the molecule is COc1ccc(C(=O)c2ccsc2NCC(=O)NCC2CCN(C(C)C)CC2)cc1.Cl. The standard InChI is InChI=1S/C23H31N3O3S.ClH/c1-16(2)26-11-8-17(9-12-26)14-24-21(27)15-25-23-20(10-13-30-23)22(28)18-4-6-19(29-3)7-5-18;/h4-7,10,13,16-17,25H,8-9,11-12,14-15H2,1-3H3,(H,24,27);1H. The summed E-state index contributed by atoms with van der Waals surface area (Å²) in [5.74, 6) is 1.14. The summed E-state index contributed by atoms with van der Waals surface area (Å²) < 4.78 is 5.14. The molecule has 6 nitrogen and oxygen atoms in total. The Kier molecular flexibility index (Phi) is 9.81. The van der Waals surface area contributed by atoms with E-state index < -0.39 is 0 Å². The summed E-state index contributed by atoms with van der Waals surface area (Å²) in [6, 6.07) is 9.42. The number of methoxy groups -OCH3 is 1. The third-order valence-corrected chi connectivity index (χ3v) is 6.51. The zero-order valence-corrected chi connectivity index (χ0v) is 20.0. The average molecular weight is 466 g/mol. The van der Waals surface area contributed by atoms with Gasteiger partial charge in [0, 0.05) is 18.2 Å². The fourth-order valence-electron chi connectivity index (χ4n) is 3.68. The number of nitrogens with one attached hydrogen (secondary N) is 2. The fraction of sp³-hybridized carbons (Fsp3) is 0.478. The quantitative estimate of drug-likeness (QED) is 0.546. The molecule has 0 radical (unpaired) electrons. The molecule has 0 saturated carbocycles. The van der Waals surface area contributed by atoms with Gasteiger partial charge in [-0.3, -0.25) is 9.59 Å². The van der Waals surface area contributed by atoms with Crippen LogP contribution in [0.25, 0.3) is 0 Å². The molecule has 0 atom stereocenters. The number of rotatable bonds is 9. The Morgan fingerprint density at radius 2 is 1.84 bits per heavy atom. The second-order valence-electron chi connectivity index (χ2n) is 7.95. The van der Waals surface area contributed by atoms with E-state index in [0.29, 0.717) is 35.4 Å². The van der Waals surface area contributed by atoms with Crippen molar-refractivity contribution in [3.8, 4) is 5.75 Å². The number of amides is 1. The van der Waals surface area contributed by atoms with Gasteiger partial charge in [0.15, 0.2) is 5.78 Å². The van der Waals surface area contributed by atoms with Crippen molar-refractivity contribution in [3.63, 3.8) is 0 Å². The normalized spacial score (nSPS) is 14.7. The molecule has 1 aliphatic rings. The van der Waals surface area contributed by atoms with E-state index in [1.807, 2.05) is 5.38 Å². The maximum atomic E-state index is 12.8. The van der Waals surface area contributed by atoms with E-state index in [4.69, 9.17) is 4.74 Å². The van der Waals surface area contributed by atoms with Crippen LogP contribution in [-0.2, 0) is 4.79 Å². The number of thiophene rings is 1. The highest BCUT2D eigenvalue weighted by Crippen LogP contribution is 2.26. The lowest BCUT2D eigenvalue weighted by Gasteiger charge is -2.34. The van der Waals surface area contributed by atoms with Crippen LogP contribution in [0.4, 0.5) is 5.00 Å². The van der Waals surface area contributed by atoms with Gasteiger partial charge in [0.25, 0.3) is 0 Å². The van der Waals surface area contributed by atoms with Crippen LogP contribution >= 0.6 is 23.7 Å². The minimum Gasteiger partial charge on any atom is -0.497 e. The topological polar surface area (TPSA) is 70.7 Å². The average Bonchev–Trinajstić information content (AvgIpc) is 3.24. The van der Waals surface area contributed by atoms with Crippen LogP contribution in [-0.4, -0.2) is 55.9 Å². The van der Waals surface area contributed by atoms with Crippen LogP contribution in [0.15, 0.2) is 35.7 Å². The van der Waals surface area contributed by atoms with Crippen molar-refractivity contribution in [2.45, 2.75) is 32.7 Å². The summed E-state index contributed by atoms with van der Waals surface area (Å²) >= 11 is 1.43. The molecule has 170 valence electrons. The number of carbonyl (C=O) groups excluding carboxylic acids is 2. The van der Waals surface area contributed by atoms with Gasteiger partial charge in [-0.05, 0) is 81.4 Å². The number of halogens is 1. The highest BCUT2D eigenvalue weighted by atomic mass is 35.5. The Balaban J connectivity index is 0.00000341. The van der Waals surface area contributed by atoms with Crippen LogP contribution < -0.4 is 15.4 Å².